The zero-order valence-electron chi connectivity index (χ0n) is 20.9. The molecule has 0 radical (unpaired) electrons. The molecule has 2 aliphatic heterocycles. The van der Waals surface area contributed by atoms with Crippen molar-refractivity contribution in [2.45, 2.75) is 38.1 Å². The molecule has 0 saturated carbocycles. The molecule has 37 heavy (non-hydrogen) atoms. The number of likely N-dealkylation sites (tertiary alicyclic amines) is 1. The second-order valence-electron chi connectivity index (χ2n) is 9.76. The van der Waals surface area contributed by atoms with Crippen molar-refractivity contribution in [1.29, 1.82) is 0 Å². The number of hydrogen-bond acceptors (Lipinski definition) is 4. The van der Waals surface area contributed by atoms with Crippen LogP contribution in [0.2, 0.25) is 15.1 Å². The molecule has 2 aliphatic rings. The Balaban J connectivity index is 1.49. The van der Waals surface area contributed by atoms with Crippen LogP contribution in [-0.2, 0) is 9.59 Å². The maximum absolute atomic E-state index is 13.3. The van der Waals surface area contributed by atoms with Crippen LogP contribution in [0.15, 0.2) is 42.5 Å². The third-order valence-corrected chi connectivity index (χ3v) is 8.43. The van der Waals surface area contributed by atoms with Gasteiger partial charge in [0.15, 0.2) is 0 Å². The average molecular weight is 566 g/mol. The van der Waals surface area contributed by atoms with Gasteiger partial charge in [-0.15, -0.1) is 0 Å². The number of carbonyl (C=O) groups is 3. The minimum atomic E-state index is -0.133. The SMILES string of the molecule is CC(=O)N1CCC(C(=O)NN2CCC(N(C)C(=O)c3ccc(Cl)cc3)C(c3ccc(Cl)c(Cl)c3)C2)CC1. The first-order valence-electron chi connectivity index (χ1n) is 12.4. The van der Waals surface area contributed by atoms with Crippen LogP contribution in [0.5, 0.6) is 0 Å². The third-order valence-electron chi connectivity index (χ3n) is 7.44. The second kappa shape index (κ2) is 12.0. The van der Waals surface area contributed by atoms with Crippen molar-refractivity contribution in [3.05, 3.63) is 68.7 Å². The van der Waals surface area contributed by atoms with Gasteiger partial charge in [-0.1, -0.05) is 40.9 Å². The molecule has 4 rings (SSSR count). The van der Waals surface area contributed by atoms with E-state index in [0.29, 0.717) is 66.1 Å². The van der Waals surface area contributed by atoms with Gasteiger partial charge in [0.2, 0.25) is 11.8 Å². The number of hydrogen-bond donors (Lipinski definition) is 1. The molecule has 2 atom stereocenters. The summed E-state index contributed by atoms with van der Waals surface area (Å²) in [4.78, 5) is 41.5. The summed E-state index contributed by atoms with van der Waals surface area (Å²) in [5.41, 5.74) is 4.61. The van der Waals surface area contributed by atoms with Crippen molar-refractivity contribution in [3.63, 3.8) is 0 Å². The number of hydrazine groups is 1. The highest BCUT2D eigenvalue weighted by atomic mass is 35.5. The Kier molecular flexibility index (Phi) is 9.01. The molecule has 10 heteroatoms. The molecular formula is C27H31Cl3N4O3. The van der Waals surface area contributed by atoms with E-state index in [0.717, 1.165) is 5.56 Å². The summed E-state index contributed by atoms with van der Waals surface area (Å²) in [6.45, 7) is 3.86. The quantitative estimate of drug-likeness (QED) is 0.562. The Morgan fingerprint density at radius 3 is 2.22 bits per heavy atom. The van der Waals surface area contributed by atoms with Crippen molar-refractivity contribution >= 4 is 52.5 Å². The monoisotopic (exact) mass is 564 g/mol. The molecule has 3 amide bonds. The first-order valence-corrected chi connectivity index (χ1v) is 13.6. The van der Waals surface area contributed by atoms with Gasteiger partial charge in [0.1, 0.15) is 0 Å². The zero-order valence-corrected chi connectivity index (χ0v) is 23.2. The zero-order chi connectivity index (χ0) is 26.7. The number of carbonyl (C=O) groups excluding carboxylic acids is 3. The van der Waals surface area contributed by atoms with Crippen LogP contribution in [-0.4, -0.2) is 71.8 Å². The fraction of sp³-hybridized carbons (Fsp3) is 0.444. The molecule has 7 nitrogen and oxygen atoms in total. The molecule has 0 aliphatic carbocycles. The summed E-state index contributed by atoms with van der Waals surface area (Å²) >= 11 is 18.5. The molecule has 0 spiro atoms. The van der Waals surface area contributed by atoms with E-state index in [2.05, 4.69) is 5.43 Å². The fourth-order valence-electron chi connectivity index (χ4n) is 5.23. The summed E-state index contributed by atoms with van der Waals surface area (Å²) in [5.74, 6) is -0.320. The second-order valence-corrected chi connectivity index (χ2v) is 11.0. The van der Waals surface area contributed by atoms with Crippen LogP contribution in [0.3, 0.4) is 0 Å². The molecule has 0 aromatic heterocycles. The van der Waals surface area contributed by atoms with E-state index < -0.39 is 0 Å². The van der Waals surface area contributed by atoms with Crippen molar-refractivity contribution in [2.75, 3.05) is 33.2 Å². The Hall–Kier alpha value is -2.32. The summed E-state index contributed by atoms with van der Waals surface area (Å²) in [6, 6.07) is 12.3. The molecule has 198 valence electrons. The number of benzene rings is 2. The van der Waals surface area contributed by atoms with Crippen molar-refractivity contribution in [3.8, 4) is 0 Å². The molecule has 2 saturated heterocycles. The third kappa shape index (κ3) is 6.58. The number of likely N-dealkylation sites (N-methyl/N-ethyl adjacent to an activating group) is 1. The first kappa shape index (κ1) is 27.7. The molecule has 2 unspecified atom stereocenters. The Bertz CT molecular complexity index is 1150. The van der Waals surface area contributed by atoms with E-state index in [1.807, 2.05) is 24.2 Å². The number of nitrogens with zero attached hydrogens (tertiary/aromatic N) is 3. The lowest BCUT2D eigenvalue weighted by Crippen LogP contribution is -2.56. The fourth-order valence-corrected chi connectivity index (χ4v) is 5.66. The molecule has 2 fully saturated rings. The molecule has 0 bridgehead atoms. The Labute approximate surface area is 232 Å². The minimum absolute atomic E-state index is 0.0277. The molecule has 2 aromatic rings. The maximum Gasteiger partial charge on any atom is 0.253 e. The lowest BCUT2D eigenvalue weighted by Gasteiger charge is -2.43. The van der Waals surface area contributed by atoms with Gasteiger partial charge in [-0.2, -0.15) is 0 Å². The van der Waals surface area contributed by atoms with Gasteiger partial charge in [0, 0.05) is 68.6 Å². The first-order chi connectivity index (χ1) is 17.6. The number of nitrogens with one attached hydrogen (secondary N) is 1. The van der Waals surface area contributed by atoms with Crippen molar-refractivity contribution < 1.29 is 14.4 Å². The highest BCUT2D eigenvalue weighted by Crippen LogP contribution is 2.34. The predicted molar refractivity (Wildman–Crippen MR) is 146 cm³/mol. The van der Waals surface area contributed by atoms with Crippen LogP contribution in [0.25, 0.3) is 0 Å². The van der Waals surface area contributed by atoms with E-state index in [1.54, 1.807) is 47.1 Å². The van der Waals surface area contributed by atoms with Crippen LogP contribution in [0.1, 0.15) is 48.0 Å². The predicted octanol–water partition coefficient (Wildman–Crippen LogP) is 4.87. The van der Waals surface area contributed by atoms with E-state index >= 15 is 0 Å². The summed E-state index contributed by atoms with van der Waals surface area (Å²) in [7, 11) is 1.81. The highest BCUT2D eigenvalue weighted by molar-refractivity contribution is 6.42. The highest BCUT2D eigenvalue weighted by Gasteiger charge is 2.37. The summed E-state index contributed by atoms with van der Waals surface area (Å²) < 4.78 is 0. The van der Waals surface area contributed by atoms with E-state index in [9.17, 15) is 14.4 Å². The Morgan fingerprint density at radius 2 is 1.59 bits per heavy atom. The smallest absolute Gasteiger partial charge is 0.253 e. The largest absolute Gasteiger partial charge is 0.343 e. The average Bonchev–Trinajstić information content (AvgIpc) is 2.90. The number of piperidine rings is 2. The van der Waals surface area contributed by atoms with E-state index in [1.165, 1.54) is 0 Å². The molecule has 2 aromatic carbocycles. The van der Waals surface area contributed by atoms with Crippen LogP contribution in [0, 0.1) is 5.92 Å². The van der Waals surface area contributed by atoms with E-state index in [-0.39, 0.29) is 35.6 Å². The van der Waals surface area contributed by atoms with Crippen LogP contribution >= 0.6 is 34.8 Å². The molecule has 2 heterocycles. The van der Waals surface area contributed by atoms with Gasteiger partial charge in [-0.3, -0.25) is 19.8 Å². The maximum atomic E-state index is 13.3. The van der Waals surface area contributed by atoms with Gasteiger partial charge in [-0.25, -0.2) is 5.01 Å². The van der Waals surface area contributed by atoms with Crippen molar-refractivity contribution in [1.82, 2.24) is 20.2 Å². The van der Waals surface area contributed by atoms with Gasteiger partial charge < -0.3 is 9.80 Å². The van der Waals surface area contributed by atoms with Crippen LogP contribution in [0.4, 0.5) is 0 Å². The number of rotatable bonds is 5. The van der Waals surface area contributed by atoms with Crippen LogP contribution < -0.4 is 5.43 Å². The standard InChI is InChI=1S/C27H31Cl3N4O3/c1-17(35)33-12-9-18(10-13-33)26(36)31-34-14-11-25(22(16-34)20-5-8-23(29)24(30)15-20)32(2)27(37)19-3-6-21(28)7-4-19/h3-8,15,18,22,25H,9-14,16H2,1-2H3,(H,31,36). The van der Waals surface area contributed by atoms with Gasteiger partial charge in [0.05, 0.1) is 10.0 Å². The molecule has 1 N–H and O–H groups in total. The summed E-state index contributed by atoms with van der Waals surface area (Å²) in [6.07, 6.45) is 1.96. The summed E-state index contributed by atoms with van der Waals surface area (Å²) in [5, 5.41) is 3.42. The van der Waals surface area contributed by atoms with E-state index in [4.69, 9.17) is 34.8 Å². The molecular weight excluding hydrogens is 535 g/mol. The van der Waals surface area contributed by atoms with Gasteiger partial charge >= 0.3 is 0 Å². The normalized spacial score (nSPS) is 20.9. The Morgan fingerprint density at radius 1 is 0.919 bits per heavy atom. The minimum Gasteiger partial charge on any atom is -0.343 e. The number of halogens is 3. The van der Waals surface area contributed by atoms with Gasteiger partial charge in [-0.05, 0) is 61.2 Å². The van der Waals surface area contributed by atoms with Gasteiger partial charge in [0.25, 0.3) is 5.91 Å². The topological polar surface area (TPSA) is 73.0 Å². The number of amides is 3. The van der Waals surface area contributed by atoms with Crippen molar-refractivity contribution in [2.24, 2.45) is 5.92 Å². The lowest BCUT2D eigenvalue weighted by atomic mass is 9.85. The lowest BCUT2D eigenvalue weighted by molar-refractivity contribution is -0.136.